The quantitative estimate of drug-likeness (QED) is 0.866. The Kier molecular flexibility index (Phi) is 6.79. The van der Waals surface area contributed by atoms with Gasteiger partial charge < -0.3 is 10.2 Å². The summed E-state index contributed by atoms with van der Waals surface area (Å²) in [5.74, 6) is 0.220. The van der Waals surface area contributed by atoms with E-state index in [1.807, 2.05) is 36.1 Å². The molecule has 0 spiro atoms. The first-order valence-electron chi connectivity index (χ1n) is 7.86. The summed E-state index contributed by atoms with van der Waals surface area (Å²) in [6.07, 6.45) is 3.90. The summed E-state index contributed by atoms with van der Waals surface area (Å²) >= 11 is 1.76. The Balaban J connectivity index is 0.00000208. The molecule has 1 fully saturated rings. The summed E-state index contributed by atoms with van der Waals surface area (Å²) in [4.78, 5) is 18.8. The molecular formula is C16H24ClN5OS. The number of carbonyl (C=O) groups excluding carboxylic acids is 1. The van der Waals surface area contributed by atoms with Crippen molar-refractivity contribution in [2.75, 3.05) is 39.8 Å². The molecule has 0 aliphatic carbocycles. The lowest BCUT2D eigenvalue weighted by atomic mass is 10.3. The van der Waals surface area contributed by atoms with Crippen LogP contribution in [0, 0.1) is 0 Å². The Labute approximate surface area is 152 Å². The number of piperazine rings is 1. The van der Waals surface area contributed by atoms with Crippen LogP contribution < -0.4 is 5.32 Å². The highest BCUT2D eigenvalue weighted by atomic mass is 35.5. The monoisotopic (exact) mass is 369 g/mol. The van der Waals surface area contributed by atoms with E-state index in [2.05, 4.69) is 27.4 Å². The van der Waals surface area contributed by atoms with Crippen LogP contribution in [0.2, 0.25) is 0 Å². The van der Waals surface area contributed by atoms with Crippen molar-refractivity contribution in [2.45, 2.75) is 6.54 Å². The molecule has 2 aromatic heterocycles. The Bertz CT molecular complexity index is 665. The van der Waals surface area contributed by atoms with E-state index in [0.717, 1.165) is 38.3 Å². The first kappa shape index (κ1) is 18.9. The van der Waals surface area contributed by atoms with E-state index in [1.165, 1.54) is 9.75 Å². The molecule has 24 heavy (non-hydrogen) atoms. The summed E-state index contributed by atoms with van der Waals surface area (Å²) < 4.78 is 1.81. The van der Waals surface area contributed by atoms with Crippen LogP contribution in [0.15, 0.2) is 24.5 Å². The first-order chi connectivity index (χ1) is 11.1. The van der Waals surface area contributed by atoms with Crippen molar-refractivity contribution in [2.24, 2.45) is 7.05 Å². The number of rotatable bonds is 5. The molecule has 0 bridgehead atoms. The lowest BCUT2D eigenvalue weighted by Crippen LogP contribution is -2.49. The predicted octanol–water partition coefficient (Wildman–Crippen LogP) is 1.43. The minimum absolute atomic E-state index is 0. The smallest absolute Gasteiger partial charge is 0.236 e. The molecule has 132 valence electrons. The van der Waals surface area contributed by atoms with E-state index < -0.39 is 0 Å². The normalized spacial score (nSPS) is 14.7. The number of thiophene rings is 1. The van der Waals surface area contributed by atoms with Gasteiger partial charge in [0.1, 0.15) is 0 Å². The first-order valence-corrected chi connectivity index (χ1v) is 8.68. The molecule has 8 heteroatoms. The fourth-order valence-electron chi connectivity index (χ4n) is 2.73. The van der Waals surface area contributed by atoms with Crippen molar-refractivity contribution in [1.82, 2.24) is 24.9 Å². The standard InChI is InChI=1S/C16H23N5OS.ClH/c1-19(12-16(22)21-7-5-17-6-8-21)11-14-3-4-15(23-14)13-9-18-20(2)10-13;/h3-4,9-10,17H,5-8,11-12H2,1-2H3;1H. The summed E-state index contributed by atoms with van der Waals surface area (Å²) in [5.41, 5.74) is 1.14. The number of amides is 1. The van der Waals surface area contributed by atoms with Gasteiger partial charge in [-0.1, -0.05) is 0 Å². The Morgan fingerprint density at radius 3 is 2.79 bits per heavy atom. The molecular weight excluding hydrogens is 346 g/mol. The third-order valence-electron chi connectivity index (χ3n) is 3.95. The number of carbonyl (C=O) groups is 1. The molecule has 0 saturated carbocycles. The van der Waals surface area contributed by atoms with Crippen LogP contribution >= 0.6 is 23.7 Å². The average molecular weight is 370 g/mol. The minimum Gasteiger partial charge on any atom is -0.339 e. The predicted molar refractivity (Wildman–Crippen MR) is 99.6 cm³/mol. The molecule has 0 aromatic carbocycles. The maximum atomic E-state index is 12.3. The summed E-state index contributed by atoms with van der Waals surface area (Å²) in [6.45, 7) is 4.69. The van der Waals surface area contributed by atoms with E-state index in [9.17, 15) is 4.79 Å². The van der Waals surface area contributed by atoms with Crippen molar-refractivity contribution >= 4 is 29.7 Å². The fourth-order valence-corrected chi connectivity index (χ4v) is 3.80. The molecule has 1 N–H and O–H groups in total. The number of aryl methyl sites for hydroxylation is 1. The SMILES string of the molecule is CN(CC(=O)N1CCNCC1)Cc1ccc(-c2cnn(C)c2)s1.Cl. The second-order valence-electron chi connectivity index (χ2n) is 5.97. The number of likely N-dealkylation sites (N-methyl/N-ethyl adjacent to an activating group) is 1. The van der Waals surface area contributed by atoms with Crippen LogP contribution in [0.3, 0.4) is 0 Å². The van der Waals surface area contributed by atoms with Gasteiger partial charge in [-0.15, -0.1) is 23.7 Å². The molecule has 3 heterocycles. The van der Waals surface area contributed by atoms with Crippen molar-refractivity contribution in [3.8, 4) is 10.4 Å². The van der Waals surface area contributed by atoms with Gasteiger partial charge in [0.15, 0.2) is 0 Å². The highest BCUT2D eigenvalue weighted by molar-refractivity contribution is 7.15. The number of hydrogen-bond donors (Lipinski definition) is 1. The Hall–Kier alpha value is -1.41. The summed E-state index contributed by atoms with van der Waals surface area (Å²) in [5, 5.41) is 7.48. The van der Waals surface area contributed by atoms with Gasteiger partial charge in [-0.05, 0) is 19.2 Å². The zero-order valence-corrected chi connectivity index (χ0v) is 15.7. The second kappa shape index (κ2) is 8.62. The molecule has 0 unspecified atom stereocenters. The van der Waals surface area contributed by atoms with Crippen LogP contribution in [0.5, 0.6) is 0 Å². The number of hydrogen-bond acceptors (Lipinski definition) is 5. The van der Waals surface area contributed by atoms with E-state index in [0.29, 0.717) is 6.54 Å². The minimum atomic E-state index is 0. The maximum Gasteiger partial charge on any atom is 0.236 e. The van der Waals surface area contributed by atoms with Gasteiger partial charge in [0, 0.05) is 61.3 Å². The Morgan fingerprint density at radius 1 is 1.38 bits per heavy atom. The van der Waals surface area contributed by atoms with E-state index in [-0.39, 0.29) is 18.3 Å². The van der Waals surface area contributed by atoms with Crippen LogP contribution in [0.25, 0.3) is 10.4 Å². The van der Waals surface area contributed by atoms with Crippen LogP contribution in [-0.4, -0.2) is 65.3 Å². The third-order valence-corrected chi connectivity index (χ3v) is 5.07. The zero-order valence-electron chi connectivity index (χ0n) is 14.1. The topological polar surface area (TPSA) is 53.4 Å². The van der Waals surface area contributed by atoms with Crippen molar-refractivity contribution in [3.05, 3.63) is 29.4 Å². The molecule has 3 rings (SSSR count). The molecule has 0 radical (unpaired) electrons. The van der Waals surface area contributed by atoms with Crippen LogP contribution in [-0.2, 0) is 18.4 Å². The molecule has 1 saturated heterocycles. The van der Waals surface area contributed by atoms with Gasteiger partial charge in [-0.3, -0.25) is 14.4 Å². The van der Waals surface area contributed by atoms with Gasteiger partial charge in [0.05, 0.1) is 12.7 Å². The highest BCUT2D eigenvalue weighted by Crippen LogP contribution is 2.28. The van der Waals surface area contributed by atoms with Gasteiger partial charge in [-0.2, -0.15) is 5.10 Å². The van der Waals surface area contributed by atoms with Crippen molar-refractivity contribution in [1.29, 1.82) is 0 Å². The van der Waals surface area contributed by atoms with Crippen molar-refractivity contribution < 1.29 is 4.79 Å². The zero-order chi connectivity index (χ0) is 16.2. The maximum absolute atomic E-state index is 12.3. The van der Waals surface area contributed by atoms with Crippen LogP contribution in [0.1, 0.15) is 4.88 Å². The number of nitrogens with one attached hydrogen (secondary N) is 1. The number of halogens is 1. The lowest BCUT2D eigenvalue weighted by Gasteiger charge is -2.29. The number of nitrogens with zero attached hydrogens (tertiary/aromatic N) is 4. The third kappa shape index (κ3) is 4.80. The van der Waals surface area contributed by atoms with E-state index >= 15 is 0 Å². The summed E-state index contributed by atoms with van der Waals surface area (Å²) in [6, 6.07) is 4.27. The van der Waals surface area contributed by atoms with Crippen LogP contribution in [0.4, 0.5) is 0 Å². The molecule has 2 aromatic rings. The Morgan fingerprint density at radius 2 is 2.12 bits per heavy atom. The second-order valence-corrected chi connectivity index (χ2v) is 7.14. The molecule has 1 aliphatic rings. The highest BCUT2D eigenvalue weighted by Gasteiger charge is 2.18. The van der Waals surface area contributed by atoms with Gasteiger partial charge in [-0.25, -0.2) is 0 Å². The molecule has 1 amide bonds. The van der Waals surface area contributed by atoms with E-state index in [4.69, 9.17) is 0 Å². The number of aromatic nitrogens is 2. The average Bonchev–Trinajstić information content (AvgIpc) is 3.17. The fraction of sp³-hybridized carbons (Fsp3) is 0.500. The van der Waals surface area contributed by atoms with Crippen molar-refractivity contribution in [3.63, 3.8) is 0 Å². The largest absolute Gasteiger partial charge is 0.339 e. The van der Waals surface area contributed by atoms with Gasteiger partial charge in [0.25, 0.3) is 0 Å². The van der Waals surface area contributed by atoms with Gasteiger partial charge >= 0.3 is 0 Å². The van der Waals surface area contributed by atoms with E-state index in [1.54, 1.807) is 11.3 Å². The van der Waals surface area contributed by atoms with Gasteiger partial charge in [0.2, 0.25) is 5.91 Å². The lowest BCUT2D eigenvalue weighted by molar-refractivity contribution is -0.132. The molecule has 1 aliphatic heterocycles. The molecule has 6 nitrogen and oxygen atoms in total. The summed E-state index contributed by atoms with van der Waals surface area (Å²) in [7, 11) is 3.93. The molecule has 0 atom stereocenters.